The van der Waals surface area contributed by atoms with Gasteiger partial charge in [0.15, 0.2) is 0 Å². The molecule has 1 heteroatoms. The molecule has 0 radical (unpaired) electrons. The second kappa shape index (κ2) is 1.22. The van der Waals surface area contributed by atoms with Crippen molar-refractivity contribution in [2.24, 2.45) is 5.92 Å². The van der Waals surface area contributed by atoms with Gasteiger partial charge in [0.05, 0.1) is 5.60 Å². The summed E-state index contributed by atoms with van der Waals surface area (Å²) < 4.78 is 0. The van der Waals surface area contributed by atoms with E-state index in [1.807, 2.05) is 6.92 Å². The van der Waals surface area contributed by atoms with Crippen LogP contribution in [0.5, 0.6) is 0 Å². The number of hydrogen-bond donors (Lipinski definition) is 1. The van der Waals surface area contributed by atoms with Crippen molar-refractivity contribution in [1.82, 2.24) is 0 Å². The summed E-state index contributed by atoms with van der Waals surface area (Å²) in [6.07, 6.45) is 2.20. The van der Waals surface area contributed by atoms with Crippen molar-refractivity contribution in [2.45, 2.75) is 32.3 Å². The monoisotopic (exact) mass is 100 g/mol. The summed E-state index contributed by atoms with van der Waals surface area (Å²) in [5.41, 5.74) is -0.319. The van der Waals surface area contributed by atoms with Crippen LogP contribution in [0.2, 0.25) is 0 Å². The van der Waals surface area contributed by atoms with Crippen LogP contribution in [0.3, 0.4) is 0 Å². The summed E-state index contributed by atoms with van der Waals surface area (Å²) in [5, 5.41) is 9.18. The summed E-state index contributed by atoms with van der Waals surface area (Å²) in [4.78, 5) is 0. The smallest absolute Gasteiger partial charge is 0.0645 e. The highest BCUT2D eigenvalue weighted by atomic mass is 16.3. The predicted molar refractivity (Wildman–Crippen MR) is 29.0 cm³/mol. The minimum absolute atomic E-state index is 0.319. The van der Waals surface area contributed by atoms with E-state index >= 15 is 0 Å². The van der Waals surface area contributed by atoms with Gasteiger partial charge in [0.2, 0.25) is 0 Å². The highest BCUT2D eigenvalue weighted by molar-refractivity contribution is 4.88. The van der Waals surface area contributed by atoms with Crippen LogP contribution in [-0.4, -0.2) is 10.7 Å². The molecule has 1 rings (SSSR count). The largest absolute Gasteiger partial charge is 0.390 e. The summed E-state index contributed by atoms with van der Waals surface area (Å²) in [7, 11) is 0. The van der Waals surface area contributed by atoms with Crippen LogP contribution < -0.4 is 0 Å². The molecule has 1 nitrogen and oxygen atoms in total. The first-order valence-electron chi connectivity index (χ1n) is 2.85. The van der Waals surface area contributed by atoms with Crippen molar-refractivity contribution >= 4 is 0 Å². The van der Waals surface area contributed by atoms with Gasteiger partial charge >= 0.3 is 0 Å². The maximum absolute atomic E-state index is 9.18. The topological polar surface area (TPSA) is 20.2 Å². The molecular weight excluding hydrogens is 88.1 g/mol. The van der Waals surface area contributed by atoms with Crippen molar-refractivity contribution < 1.29 is 5.11 Å². The fourth-order valence-corrected chi connectivity index (χ4v) is 0.851. The zero-order valence-corrected chi connectivity index (χ0v) is 4.94. The van der Waals surface area contributed by atoms with Crippen LogP contribution in [0.4, 0.5) is 0 Å². The van der Waals surface area contributed by atoms with Gasteiger partial charge in [-0.15, -0.1) is 0 Å². The standard InChI is InChI=1S/C6H12O/c1-5-3-4-6(5,2)7/h5,7H,3-4H2,1-2H3/t5-,6?/m0/s1. The van der Waals surface area contributed by atoms with Crippen molar-refractivity contribution in [3.63, 3.8) is 0 Å². The van der Waals surface area contributed by atoms with E-state index in [1.54, 1.807) is 0 Å². The molecular formula is C6H12O. The average Bonchev–Trinajstić information content (AvgIpc) is 1.63. The van der Waals surface area contributed by atoms with Gasteiger partial charge in [0, 0.05) is 0 Å². The van der Waals surface area contributed by atoms with Crippen LogP contribution in [0.25, 0.3) is 0 Å². The summed E-state index contributed by atoms with van der Waals surface area (Å²) in [5.74, 6) is 0.535. The summed E-state index contributed by atoms with van der Waals surface area (Å²) >= 11 is 0. The highest BCUT2D eigenvalue weighted by Crippen LogP contribution is 2.36. The van der Waals surface area contributed by atoms with E-state index in [2.05, 4.69) is 6.92 Å². The molecule has 1 N–H and O–H groups in total. The molecule has 0 spiro atoms. The SMILES string of the molecule is C[C@H]1CCC1(C)O. The maximum Gasteiger partial charge on any atom is 0.0645 e. The lowest BCUT2D eigenvalue weighted by atomic mass is 9.72. The first-order chi connectivity index (χ1) is 3.13. The fraction of sp³-hybridized carbons (Fsp3) is 1.00. The molecule has 0 bridgehead atoms. The average molecular weight is 100 g/mol. The van der Waals surface area contributed by atoms with E-state index in [-0.39, 0.29) is 5.60 Å². The Morgan fingerprint density at radius 3 is 2.14 bits per heavy atom. The molecule has 1 fully saturated rings. The molecule has 42 valence electrons. The van der Waals surface area contributed by atoms with Crippen molar-refractivity contribution in [1.29, 1.82) is 0 Å². The van der Waals surface area contributed by atoms with Gasteiger partial charge < -0.3 is 5.11 Å². The van der Waals surface area contributed by atoms with E-state index < -0.39 is 0 Å². The summed E-state index contributed by atoms with van der Waals surface area (Å²) in [6.45, 7) is 3.99. The summed E-state index contributed by atoms with van der Waals surface area (Å²) in [6, 6.07) is 0. The normalized spacial score (nSPS) is 51.0. The molecule has 1 aliphatic carbocycles. The van der Waals surface area contributed by atoms with Gasteiger partial charge in [0.1, 0.15) is 0 Å². The van der Waals surface area contributed by atoms with Crippen molar-refractivity contribution in [2.75, 3.05) is 0 Å². The van der Waals surface area contributed by atoms with Crippen LogP contribution in [0, 0.1) is 5.92 Å². The van der Waals surface area contributed by atoms with Gasteiger partial charge in [-0.25, -0.2) is 0 Å². The lowest BCUT2D eigenvalue weighted by Gasteiger charge is -2.40. The fourth-order valence-electron chi connectivity index (χ4n) is 0.851. The second-order valence-electron chi connectivity index (χ2n) is 2.80. The molecule has 2 atom stereocenters. The number of hydrogen-bond acceptors (Lipinski definition) is 1. The predicted octanol–water partition coefficient (Wildman–Crippen LogP) is 1.17. The lowest BCUT2D eigenvalue weighted by Crippen LogP contribution is -2.41. The minimum atomic E-state index is -0.319. The van der Waals surface area contributed by atoms with E-state index in [0.717, 1.165) is 6.42 Å². The van der Waals surface area contributed by atoms with Gasteiger partial charge in [-0.3, -0.25) is 0 Å². The molecule has 0 saturated heterocycles. The third-order valence-electron chi connectivity index (χ3n) is 2.15. The molecule has 1 saturated carbocycles. The Balaban J connectivity index is 2.43. The van der Waals surface area contributed by atoms with Gasteiger partial charge in [-0.1, -0.05) is 6.92 Å². The Morgan fingerprint density at radius 1 is 1.71 bits per heavy atom. The van der Waals surface area contributed by atoms with E-state index in [4.69, 9.17) is 0 Å². The Kier molecular flexibility index (Phi) is 0.890. The Labute approximate surface area is 44.4 Å². The van der Waals surface area contributed by atoms with Gasteiger partial charge in [0.25, 0.3) is 0 Å². The van der Waals surface area contributed by atoms with Gasteiger partial charge in [-0.2, -0.15) is 0 Å². The van der Waals surface area contributed by atoms with Gasteiger partial charge in [-0.05, 0) is 25.7 Å². The Morgan fingerprint density at radius 2 is 2.14 bits per heavy atom. The molecule has 0 aromatic heterocycles. The molecule has 7 heavy (non-hydrogen) atoms. The van der Waals surface area contributed by atoms with Crippen LogP contribution >= 0.6 is 0 Å². The first-order valence-corrected chi connectivity index (χ1v) is 2.85. The quantitative estimate of drug-likeness (QED) is 0.484. The van der Waals surface area contributed by atoms with Crippen LogP contribution in [-0.2, 0) is 0 Å². The Hall–Kier alpha value is -0.0400. The highest BCUT2D eigenvalue weighted by Gasteiger charge is 2.36. The van der Waals surface area contributed by atoms with Crippen LogP contribution in [0.15, 0.2) is 0 Å². The number of aliphatic hydroxyl groups is 1. The zero-order valence-electron chi connectivity index (χ0n) is 4.94. The molecule has 0 aliphatic heterocycles. The molecule has 0 amide bonds. The zero-order chi connectivity index (χ0) is 5.49. The molecule has 0 aromatic rings. The minimum Gasteiger partial charge on any atom is -0.390 e. The van der Waals surface area contributed by atoms with E-state index in [0.29, 0.717) is 5.92 Å². The van der Waals surface area contributed by atoms with Crippen LogP contribution in [0.1, 0.15) is 26.7 Å². The first kappa shape index (κ1) is 5.10. The van der Waals surface area contributed by atoms with E-state index in [9.17, 15) is 5.11 Å². The molecule has 1 aliphatic rings. The lowest BCUT2D eigenvalue weighted by molar-refractivity contribution is -0.0692. The van der Waals surface area contributed by atoms with E-state index in [1.165, 1.54) is 6.42 Å². The third-order valence-corrected chi connectivity index (χ3v) is 2.15. The maximum atomic E-state index is 9.18. The second-order valence-corrected chi connectivity index (χ2v) is 2.80. The molecule has 0 aromatic carbocycles. The Bertz CT molecular complexity index is 76.2. The molecule has 1 unspecified atom stereocenters. The van der Waals surface area contributed by atoms with Crippen molar-refractivity contribution in [3.8, 4) is 0 Å². The molecule has 0 heterocycles. The number of rotatable bonds is 0. The third kappa shape index (κ3) is 0.653. The van der Waals surface area contributed by atoms with Crippen molar-refractivity contribution in [3.05, 3.63) is 0 Å².